The summed E-state index contributed by atoms with van der Waals surface area (Å²) < 4.78 is 0. The second-order valence-corrected chi connectivity index (χ2v) is 27.5. The van der Waals surface area contributed by atoms with E-state index in [0.717, 1.165) is 0 Å². The monoisotopic (exact) mass is 1050 g/mol. The number of fused-ring (bicyclic) bond motifs is 6. The third-order valence-electron chi connectivity index (χ3n) is 17.5. The van der Waals surface area contributed by atoms with Gasteiger partial charge in [0, 0.05) is 30.4 Å². The van der Waals surface area contributed by atoms with E-state index < -0.39 is 0 Å². The van der Waals surface area contributed by atoms with Crippen LogP contribution in [0, 0.1) is 0 Å². The maximum absolute atomic E-state index is 2.56. The Bertz CT molecular complexity index is 3980. The highest BCUT2D eigenvalue weighted by Gasteiger charge is 2.41. The van der Waals surface area contributed by atoms with Gasteiger partial charge in [0.05, 0.1) is 0 Å². The molecule has 0 spiro atoms. The summed E-state index contributed by atoms with van der Waals surface area (Å²) in [5.41, 5.74) is 21.8. The van der Waals surface area contributed by atoms with Gasteiger partial charge in [-0.25, -0.2) is 0 Å². The predicted octanol–water partition coefficient (Wildman–Crippen LogP) is 19.4. The summed E-state index contributed by atoms with van der Waals surface area (Å²) in [6.45, 7) is 23.7. The molecule has 11 aromatic carbocycles. The van der Waals surface area contributed by atoms with Crippen LogP contribution in [0.2, 0.25) is 0 Å². The average Bonchev–Trinajstić information content (AvgIpc) is 3.60. The molecule has 0 aromatic heterocycles. The zero-order valence-corrected chi connectivity index (χ0v) is 48.9. The van der Waals surface area contributed by atoms with Gasteiger partial charge in [0.1, 0.15) is 0 Å². The topological polar surface area (TPSA) is 0 Å². The Morgan fingerprint density at radius 3 is 1.04 bits per heavy atom. The Hall–Kier alpha value is -7.30. The van der Waals surface area contributed by atoms with E-state index >= 15 is 0 Å². The summed E-state index contributed by atoms with van der Waals surface area (Å²) >= 11 is 3.91. The highest BCUT2D eigenvalue weighted by molar-refractivity contribution is 8.01. The fraction of sp³-hybridized carbons (Fsp3) is 0.184. The van der Waals surface area contributed by atoms with Gasteiger partial charge in [-0.15, -0.1) is 0 Å². The van der Waals surface area contributed by atoms with Crippen LogP contribution in [0.5, 0.6) is 0 Å². The van der Waals surface area contributed by atoms with Crippen molar-refractivity contribution in [2.45, 2.75) is 110 Å². The van der Waals surface area contributed by atoms with Gasteiger partial charge in [0.25, 0.3) is 0 Å². The highest BCUT2D eigenvalue weighted by Crippen LogP contribution is 2.48. The molecule has 11 aromatic rings. The van der Waals surface area contributed by atoms with Crippen LogP contribution < -0.4 is 16.4 Å². The van der Waals surface area contributed by atoms with Crippen LogP contribution in [0.15, 0.2) is 244 Å². The fourth-order valence-electron chi connectivity index (χ4n) is 12.6. The predicted molar refractivity (Wildman–Crippen MR) is 344 cm³/mol. The zero-order valence-electron chi connectivity index (χ0n) is 47.3. The summed E-state index contributed by atoms with van der Waals surface area (Å²) in [4.78, 5) is 5.34. The van der Waals surface area contributed by atoms with Gasteiger partial charge in [-0.1, -0.05) is 286 Å². The van der Waals surface area contributed by atoms with E-state index in [9.17, 15) is 0 Å². The van der Waals surface area contributed by atoms with Crippen LogP contribution in [-0.4, -0.2) is 6.71 Å². The van der Waals surface area contributed by atoms with Crippen LogP contribution in [0.3, 0.4) is 0 Å². The first-order valence-electron chi connectivity index (χ1n) is 28.2. The lowest BCUT2D eigenvalue weighted by atomic mass is 9.36. The summed E-state index contributed by atoms with van der Waals surface area (Å²) in [7, 11) is 0. The largest absolute Gasteiger partial charge is 0.247 e. The third-order valence-corrected chi connectivity index (χ3v) is 19.8. The van der Waals surface area contributed by atoms with Gasteiger partial charge in [-0.3, -0.25) is 0 Å². The molecule has 3 heteroatoms. The van der Waals surface area contributed by atoms with Crippen molar-refractivity contribution in [2.24, 2.45) is 0 Å². The molecule has 2 heterocycles. The molecule has 386 valence electrons. The van der Waals surface area contributed by atoms with Crippen LogP contribution in [-0.2, 0) is 21.7 Å². The SMILES string of the molecule is CC(C)(C)c1cc(-c2cc(-c3cc4c5c(c3)Sc3ccc(C(C)(C)c6ccccc6)cc3B5c3cc(C(C)(C)c5ccccc5)ccc3S4)cc(-c3c4ccccc4c(-c4ccccc4)c4ccccc34)c2)cc(C(C)(C)C)c1. The highest BCUT2D eigenvalue weighted by atomic mass is 32.2. The molecule has 0 aliphatic carbocycles. The van der Waals surface area contributed by atoms with E-state index in [4.69, 9.17) is 0 Å². The second kappa shape index (κ2) is 19.2. The Kier molecular flexibility index (Phi) is 12.4. The van der Waals surface area contributed by atoms with E-state index in [1.165, 1.54) is 135 Å². The van der Waals surface area contributed by atoms with Gasteiger partial charge in [-0.05, 0) is 158 Å². The minimum Gasteiger partial charge on any atom is -0.0911 e. The molecule has 0 saturated carbocycles. The number of hydrogen-bond donors (Lipinski definition) is 0. The van der Waals surface area contributed by atoms with E-state index in [1.54, 1.807) is 0 Å². The first kappa shape index (κ1) is 51.2. The molecule has 0 nitrogen and oxygen atoms in total. The molecule has 0 N–H and O–H groups in total. The Labute approximate surface area is 477 Å². The van der Waals surface area contributed by atoms with Gasteiger partial charge < -0.3 is 0 Å². The Balaban J connectivity index is 1.05. The first-order chi connectivity index (χ1) is 37.9. The molecule has 0 bridgehead atoms. The van der Waals surface area contributed by atoms with Gasteiger partial charge in [-0.2, -0.15) is 0 Å². The van der Waals surface area contributed by atoms with Crippen molar-refractivity contribution in [3.63, 3.8) is 0 Å². The van der Waals surface area contributed by atoms with E-state index in [0.29, 0.717) is 0 Å². The van der Waals surface area contributed by atoms with Crippen molar-refractivity contribution in [3.05, 3.63) is 258 Å². The fourth-order valence-corrected chi connectivity index (χ4v) is 15.1. The summed E-state index contributed by atoms with van der Waals surface area (Å²) in [5, 5.41) is 5.04. The molecule has 0 saturated heterocycles. The average molecular weight is 1060 g/mol. The Morgan fingerprint density at radius 1 is 0.266 bits per heavy atom. The van der Waals surface area contributed by atoms with Crippen molar-refractivity contribution in [3.8, 4) is 44.5 Å². The maximum atomic E-state index is 2.56. The molecule has 2 aliphatic heterocycles. The number of rotatable bonds is 8. The molecule has 2 aliphatic rings. The lowest BCUT2D eigenvalue weighted by molar-refractivity contribution is 0.569. The van der Waals surface area contributed by atoms with Crippen molar-refractivity contribution >= 4 is 68.2 Å². The molecule has 0 amide bonds. The summed E-state index contributed by atoms with van der Waals surface area (Å²) in [6.07, 6.45) is 0. The van der Waals surface area contributed by atoms with Crippen LogP contribution >= 0.6 is 23.5 Å². The minimum atomic E-state index is -0.182. The van der Waals surface area contributed by atoms with E-state index in [2.05, 4.69) is 294 Å². The van der Waals surface area contributed by atoms with E-state index in [-0.39, 0.29) is 28.4 Å². The molecule has 0 fully saturated rings. The third kappa shape index (κ3) is 8.99. The molecule has 13 rings (SSSR count). The summed E-state index contributed by atoms with van der Waals surface area (Å²) in [5.74, 6) is 0. The number of benzene rings is 11. The molecule has 0 unspecified atom stereocenters. The van der Waals surface area contributed by atoms with E-state index in [1.807, 2.05) is 23.5 Å². The van der Waals surface area contributed by atoms with Crippen molar-refractivity contribution < 1.29 is 0 Å². The van der Waals surface area contributed by atoms with Crippen LogP contribution in [0.4, 0.5) is 0 Å². The second-order valence-electron chi connectivity index (χ2n) is 25.3. The number of hydrogen-bond acceptors (Lipinski definition) is 2. The normalized spacial score (nSPS) is 13.3. The quantitative estimate of drug-likeness (QED) is 0.110. The molecular formula is C76H67BS2. The van der Waals surface area contributed by atoms with Crippen molar-refractivity contribution in [2.75, 3.05) is 0 Å². The first-order valence-corrected chi connectivity index (χ1v) is 29.8. The van der Waals surface area contributed by atoms with Crippen molar-refractivity contribution in [1.82, 2.24) is 0 Å². The molecular weight excluding hydrogens is 988 g/mol. The minimum absolute atomic E-state index is 0.0367. The lowest BCUT2D eigenvalue weighted by Gasteiger charge is -2.36. The van der Waals surface area contributed by atoms with Gasteiger partial charge in [0.15, 0.2) is 0 Å². The molecule has 79 heavy (non-hydrogen) atoms. The molecule has 0 radical (unpaired) electrons. The maximum Gasteiger partial charge on any atom is 0.247 e. The molecule has 0 atom stereocenters. The Morgan fingerprint density at radius 2 is 0.620 bits per heavy atom. The standard InChI is InChI=1S/C76H67BS2/c1-73(2,3)58-41-51(42-59(45-58)74(4,5)6)49-38-50(40-53(39-49)71-62-32-22-20-30-60(62)70(48-24-14-11-15-25-48)61-31-21-23-33-63(61)71)52-43-68-72-69(44-52)79-67-37-35-57(76(9,10)55-28-18-13-19-29-55)47-65(67)77(72)64-46-56(34-36-66(64)78-68)75(7,8)54-26-16-12-17-27-54/h11-47H,1-10H3. The smallest absolute Gasteiger partial charge is 0.0911 e. The summed E-state index contributed by atoms with van der Waals surface area (Å²) in [6, 6.07) is 85.9. The van der Waals surface area contributed by atoms with Crippen LogP contribution in [0.25, 0.3) is 66.1 Å². The van der Waals surface area contributed by atoms with Gasteiger partial charge in [0.2, 0.25) is 6.71 Å². The van der Waals surface area contributed by atoms with Crippen LogP contribution in [0.1, 0.15) is 103 Å². The lowest BCUT2D eigenvalue weighted by Crippen LogP contribution is -2.58. The zero-order chi connectivity index (χ0) is 54.6. The van der Waals surface area contributed by atoms with Gasteiger partial charge >= 0.3 is 0 Å². The van der Waals surface area contributed by atoms with Crippen molar-refractivity contribution in [1.29, 1.82) is 0 Å².